The van der Waals surface area contributed by atoms with Crippen LogP contribution >= 0.6 is 0 Å². The number of amides is 1. The Balaban J connectivity index is 2.03. The second-order valence-electron chi connectivity index (χ2n) is 5.64. The average Bonchev–Trinajstić information content (AvgIpc) is 2.99. The normalized spacial score (nSPS) is 17.2. The Morgan fingerprint density at radius 2 is 2.09 bits per heavy atom. The standard InChI is InChI=1S/C16H19F2NO4/c17-13-2-1-11(7-14(13)18)9-19(5-3-16(21)22)15(20)8-12-4-6-23-10-12/h1-2,7,12H,3-6,8-10H2,(H,21,22)/t12-/m0/s1. The van der Waals surface area contributed by atoms with Crippen molar-refractivity contribution < 1.29 is 28.2 Å². The van der Waals surface area contributed by atoms with Crippen molar-refractivity contribution >= 4 is 11.9 Å². The molecule has 1 saturated heterocycles. The number of carbonyl (C=O) groups is 2. The fourth-order valence-electron chi connectivity index (χ4n) is 2.50. The fourth-order valence-corrected chi connectivity index (χ4v) is 2.50. The van der Waals surface area contributed by atoms with Crippen LogP contribution in [-0.4, -0.2) is 41.6 Å². The van der Waals surface area contributed by atoms with Crippen molar-refractivity contribution in [3.05, 3.63) is 35.4 Å². The molecule has 0 aromatic heterocycles. The van der Waals surface area contributed by atoms with Crippen molar-refractivity contribution in [1.29, 1.82) is 0 Å². The zero-order chi connectivity index (χ0) is 16.8. The molecule has 1 aliphatic rings. The zero-order valence-electron chi connectivity index (χ0n) is 12.6. The maximum atomic E-state index is 13.3. The summed E-state index contributed by atoms with van der Waals surface area (Å²) >= 11 is 0. The molecule has 1 fully saturated rings. The Labute approximate surface area is 132 Å². The van der Waals surface area contributed by atoms with Crippen LogP contribution in [0.4, 0.5) is 8.78 Å². The highest BCUT2D eigenvalue weighted by Gasteiger charge is 2.23. The Morgan fingerprint density at radius 1 is 1.30 bits per heavy atom. The maximum Gasteiger partial charge on any atom is 0.305 e. The van der Waals surface area contributed by atoms with Crippen molar-refractivity contribution in [2.75, 3.05) is 19.8 Å². The molecule has 7 heteroatoms. The number of rotatable bonds is 7. The van der Waals surface area contributed by atoms with Crippen LogP contribution in [0.15, 0.2) is 18.2 Å². The van der Waals surface area contributed by atoms with Gasteiger partial charge in [0.1, 0.15) is 0 Å². The molecule has 0 aliphatic carbocycles. The molecule has 1 N–H and O–H groups in total. The van der Waals surface area contributed by atoms with Crippen molar-refractivity contribution in [3.8, 4) is 0 Å². The molecule has 0 radical (unpaired) electrons. The molecule has 1 aliphatic heterocycles. The number of carboxylic acids is 1. The molecule has 23 heavy (non-hydrogen) atoms. The minimum Gasteiger partial charge on any atom is -0.481 e. The summed E-state index contributed by atoms with van der Waals surface area (Å²) in [6.07, 6.45) is 0.865. The van der Waals surface area contributed by atoms with E-state index >= 15 is 0 Å². The van der Waals surface area contributed by atoms with Crippen LogP contribution in [0.3, 0.4) is 0 Å². The van der Waals surface area contributed by atoms with Crippen molar-refractivity contribution in [3.63, 3.8) is 0 Å². The quantitative estimate of drug-likeness (QED) is 0.834. The molecule has 1 aromatic carbocycles. The molecule has 0 bridgehead atoms. The smallest absolute Gasteiger partial charge is 0.305 e. The van der Waals surface area contributed by atoms with E-state index in [1.54, 1.807) is 0 Å². The molecule has 1 aromatic rings. The lowest BCUT2D eigenvalue weighted by Crippen LogP contribution is -2.34. The van der Waals surface area contributed by atoms with Gasteiger partial charge in [-0.15, -0.1) is 0 Å². The number of carboxylic acid groups (broad SMARTS) is 1. The van der Waals surface area contributed by atoms with Crippen LogP contribution in [0.1, 0.15) is 24.8 Å². The zero-order valence-corrected chi connectivity index (χ0v) is 12.6. The SMILES string of the molecule is O=C(O)CCN(Cc1ccc(F)c(F)c1)C(=O)C[C@@H]1CCOC1. The minimum absolute atomic E-state index is 0.0285. The fraction of sp³-hybridized carbons (Fsp3) is 0.500. The first-order valence-corrected chi connectivity index (χ1v) is 7.47. The molecule has 1 amide bonds. The van der Waals surface area contributed by atoms with Crippen LogP contribution in [0.5, 0.6) is 0 Å². The summed E-state index contributed by atoms with van der Waals surface area (Å²) in [5.41, 5.74) is 0.422. The molecule has 1 heterocycles. The van der Waals surface area contributed by atoms with Crippen LogP contribution in [0, 0.1) is 17.6 Å². The predicted octanol–water partition coefficient (Wildman–Crippen LogP) is 2.19. The van der Waals surface area contributed by atoms with Gasteiger partial charge >= 0.3 is 5.97 Å². The Bertz CT molecular complexity index is 573. The molecule has 0 saturated carbocycles. The molecular weight excluding hydrogens is 308 g/mol. The van der Waals surface area contributed by atoms with Crippen molar-refractivity contribution in [2.45, 2.75) is 25.8 Å². The molecular formula is C16H19F2NO4. The Kier molecular flexibility index (Phi) is 6.04. The first-order chi connectivity index (χ1) is 11.0. The van der Waals surface area contributed by atoms with Crippen LogP contribution in [0.2, 0.25) is 0 Å². The van der Waals surface area contributed by atoms with E-state index in [2.05, 4.69) is 0 Å². The van der Waals surface area contributed by atoms with E-state index in [4.69, 9.17) is 9.84 Å². The van der Waals surface area contributed by atoms with E-state index in [-0.39, 0.29) is 37.8 Å². The molecule has 5 nitrogen and oxygen atoms in total. The van der Waals surface area contributed by atoms with Gasteiger partial charge in [-0.2, -0.15) is 0 Å². The monoisotopic (exact) mass is 327 g/mol. The van der Waals surface area contributed by atoms with Crippen LogP contribution in [0.25, 0.3) is 0 Å². The Morgan fingerprint density at radius 3 is 2.70 bits per heavy atom. The van der Waals surface area contributed by atoms with E-state index in [0.29, 0.717) is 18.8 Å². The first-order valence-electron chi connectivity index (χ1n) is 7.47. The third kappa shape index (κ3) is 5.28. The third-order valence-corrected chi connectivity index (χ3v) is 3.79. The van der Waals surface area contributed by atoms with E-state index in [0.717, 1.165) is 18.6 Å². The van der Waals surface area contributed by atoms with Gasteiger partial charge in [0.15, 0.2) is 11.6 Å². The van der Waals surface area contributed by atoms with Gasteiger partial charge in [-0.05, 0) is 30.0 Å². The lowest BCUT2D eigenvalue weighted by molar-refractivity contribution is -0.139. The third-order valence-electron chi connectivity index (χ3n) is 3.79. The molecule has 0 spiro atoms. The summed E-state index contributed by atoms with van der Waals surface area (Å²) < 4.78 is 31.5. The summed E-state index contributed by atoms with van der Waals surface area (Å²) in [6, 6.07) is 3.41. The number of halogens is 2. The minimum atomic E-state index is -1.02. The van der Waals surface area contributed by atoms with Gasteiger partial charge in [0.05, 0.1) is 6.42 Å². The highest BCUT2D eigenvalue weighted by atomic mass is 19.2. The number of carbonyl (C=O) groups excluding carboxylic acids is 1. The molecule has 1 atom stereocenters. The van der Waals surface area contributed by atoms with Crippen LogP contribution < -0.4 is 0 Å². The number of aliphatic carboxylic acids is 1. The predicted molar refractivity (Wildman–Crippen MR) is 77.6 cm³/mol. The van der Waals surface area contributed by atoms with Crippen LogP contribution in [-0.2, 0) is 20.9 Å². The summed E-state index contributed by atoms with van der Waals surface area (Å²) in [6.45, 7) is 1.22. The number of ether oxygens (including phenoxy) is 1. The van der Waals surface area contributed by atoms with Gasteiger partial charge in [0.25, 0.3) is 0 Å². The highest BCUT2D eigenvalue weighted by molar-refractivity contribution is 5.77. The lowest BCUT2D eigenvalue weighted by atomic mass is 10.0. The second-order valence-corrected chi connectivity index (χ2v) is 5.64. The average molecular weight is 327 g/mol. The van der Waals surface area contributed by atoms with Gasteiger partial charge < -0.3 is 14.7 Å². The summed E-state index contributed by atoms with van der Waals surface area (Å²) in [5.74, 6) is -3.04. The van der Waals surface area contributed by atoms with Crippen molar-refractivity contribution in [1.82, 2.24) is 4.90 Å². The van der Waals surface area contributed by atoms with Gasteiger partial charge in [0, 0.05) is 32.7 Å². The Hall–Kier alpha value is -2.02. The first kappa shape index (κ1) is 17.3. The lowest BCUT2D eigenvalue weighted by Gasteiger charge is -2.23. The molecule has 126 valence electrons. The summed E-state index contributed by atoms with van der Waals surface area (Å²) in [4.78, 5) is 24.5. The van der Waals surface area contributed by atoms with E-state index in [9.17, 15) is 18.4 Å². The maximum absolute atomic E-state index is 13.3. The number of benzene rings is 1. The van der Waals surface area contributed by atoms with Gasteiger partial charge in [-0.3, -0.25) is 9.59 Å². The summed E-state index contributed by atoms with van der Waals surface area (Å²) in [7, 11) is 0. The second kappa shape index (κ2) is 8.01. The van der Waals surface area contributed by atoms with Crippen molar-refractivity contribution in [2.24, 2.45) is 5.92 Å². The van der Waals surface area contributed by atoms with E-state index < -0.39 is 17.6 Å². The number of hydrogen-bond donors (Lipinski definition) is 1. The molecule has 2 rings (SSSR count). The summed E-state index contributed by atoms with van der Waals surface area (Å²) in [5, 5.41) is 8.81. The number of nitrogens with zero attached hydrogens (tertiary/aromatic N) is 1. The van der Waals surface area contributed by atoms with E-state index in [1.165, 1.54) is 11.0 Å². The van der Waals surface area contributed by atoms with Gasteiger partial charge in [0.2, 0.25) is 5.91 Å². The van der Waals surface area contributed by atoms with E-state index in [1.807, 2.05) is 0 Å². The molecule has 0 unspecified atom stereocenters. The highest BCUT2D eigenvalue weighted by Crippen LogP contribution is 2.19. The van der Waals surface area contributed by atoms with Gasteiger partial charge in [-0.1, -0.05) is 6.07 Å². The topological polar surface area (TPSA) is 66.8 Å². The largest absolute Gasteiger partial charge is 0.481 e. The number of hydrogen-bond acceptors (Lipinski definition) is 3. The van der Waals surface area contributed by atoms with Gasteiger partial charge in [-0.25, -0.2) is 8.78 Å².